The molecule has 7 heteroatoms. The molecule has 0 radical (unpaired) electrons. The first-order chi connectivity index (χ1) is 12.0. The summed E-state index contributed by atoms with van der Waals surface area (Å²) < 4.78 is 13.6. The van der Waals surface area contributed by atoms with Crippen LogP contribution in [-0.4, -0.2) is 22.8 Å². The lowest BCUT2D eigenvalue weighted by atomic mass is 10.1. The standard InChI is InChI=1S/C18H19FN4O2/c19-12-5-7-14(22-18(25)15-3-1-2-8-21-15)16(10-12)23-17(24)11-4-6-13(20)9-11/h1-3,5,7-8,10-11,13H,4,6,9,20H2,(H,22,25)(H,23,24). The third kappa shape index (κ3) is 4.19. The van der Waals surface area contributed by atoms with Crippen molar-refractivity contribution in [2.45, 2.75) is 25.3 Å². The Labute approximate surface area is 144 Å². The van der Waals surface area contributed by atoms with Gasteiger partial charge in [-0.15, -0.1) is 0 Å². The van der Waals surface area contributed by atoms with Crippen molar-refractivity contribution in [2.24, 2.45) is 11.7 Å². The number of amides is 2. The van der Waals surface area contributed by atoms with E-state index < -0.39 is 11.7 Å². The quantitative estimate of drug-likeness (QED) is 0.795. The average molecular weight is 342 g/mol. The maximum atomic E-state index is 13.6. The minimum absolute atomic E-state index is 0.0200. The molecule has 2 aromatic rings. The maximum absolute atomic E-state index is 13.6. The van der Waals surface area contributed by atoms with Gasteiger partial charge in [-0.1, -0.05) is 6.07 Å². The van der Waals surface area contributed by atoms with E-state index in [1.807, 2.05) is 0 Å². The monoisotopic (exact) mass is 342 g/mol. The van der Waals surface area contributed by atoms with E-state index >= 15 is 0 Å². The number of carbonyl (C=O) groups is 2. The highest BCUT2D eigenvalue weighted by Gasteiger charge is 2.28. The van der Waals surface area contributed by atoms with Gasteiger partial charge in [-0.2, -0.15) is 0 Å². The highest BCUT2D eigenvalue weighted by Crippen LogP contribution is 2.28. The lowest BCUT2D eigenvalue weighted by molar-refractivity contribution is -0.119. The Kier molecular flexibility index (Phi) is 5.04. The van der Waals surface area contributed by atoms with E-state index in [2.05, 4.69) is 15.6 Å². The fourth-order valence-electron chi connectivity index (χ4n) is 2.90. The molecule has 1 aliphatic carbocycles. The highest BCUT2D eigenvalue weighted by molar-refractivity contribution is 6.06. The Hall–Kier alpha value is -2.80. The second-order valence-corrected chi connectivity index (χ2v) is 6.12. The molecule has 2 unspecified atom stereocenters. The molecule has 2 amide bonds. The number of hydrogen-bond donors (Lipinski definition) is 3. The van der Waals surface area contributed by atoms with E-state index in [0.717, 1.165) is 6.42 Å². The summed E-state index contributed by atoms with van der Waals surface area (Å²) in [6.45, 7) is 0. The minimum atomic E-state index is -0.505. The number of aromatic nitrogens is 1. The molecule has 6 nitrogen and oxygen atoms in total. The smallest absolute Gasteiger partial charge is 0.274 e. The van der Waals surface area contributed by atoms with Crippen LogP contribution in [0, 0.1) is 11.7 Å². The molecule has 1 aliphatic rings. The molecule has 2 atom stereocenters. The van der Waals surface area contributed by atoms with Crippen LogP contribution in [0.2, 0.25) is 0 Å². The lowest BCUT2D eigenvalue weighted by Crippen LogP contribution is -2.24. The van der Waals surface area contributed by atoms with Crippen molar-refractivity contribution in [1.29, 1.82) is 0 Å². The zero-order valence-electron chi connectivity index (χ0n) is 13.5. The predicted molar refractivity (Wildman–Crippen MR) is 92.5 cm³/mol. The Morgan fingerprint density at radius 3 is 2.64 bits per heavy atom. The summed E-state index contributed by atoms with van der Waals surface area (Å²) in [7, 11) is 0. The predicted octanol–water partition coefficient (Wildman–Crippen LogP) is 2.54. The fraction of sp³-hybridized carbons (Fsp3) is 0.278. The maximum Gasteiger partial charge on any atom is 0.274 e. The average Bonchev–Trinajstić information content (AvgIpc) is 3.04. The van der Waals surface area contributed by atoms with E-state index in [0.29, 0.717) is 18.5 Å². The zero-order valence-corrected chi connectivity index (χ0v) is 13.5. The van der Waals surface area contributed by atoms with E-state index in [9.17, 15) is 14.0 Å². The van der Waals surface area contributed by atoms with Gasteiger partial charge in [-0.05, 0) is 49.6 Å². The van der Waals surface area contributed by atoms with Gasteiger partial charge in [0.2, 0.25) is 5.91 Å². The molecule has 4 N–H and O–H groups in total. The molecule has 1 aromatic heterocycles. The first-order valence-electron chi connectivity index (χ1n) is 8.11. The third-order valence-corrected chi connectivity index (χ3v) is 4.23. The number of halogens is 1. The molecule has 1 heterocycles. The van der Waals surface area contributed by atoms with Gasteiger partial charge >= 0.3 is 0 Å². The summed E-state index contributed by atoms with van der Waals surface area (Å²) in [5.74, 6) is -1.36. The number of anilines is 2. The summed E-state index contributed by atoms with van der Waals surface area (Å²) in [6.07, 6.45) is 3.62. The van der Waals surface area contributed by atoms with Gasteiger partial charge in [0, 0.05) is 18.2 Å². The Balaban J connectivity index is 1.76. The zero-order chi connectivity index (χ0) is 17.8. The molecule has 1 aromatic carbocycles. The molecule has 0 bridgehead atoms. The molecule has 25 heavy (non-hydrogen) atoms. The number of rotatable bonds is 4. The largest absolute Gasteiger partial charge is 0.328 e. The van der Waals surface area contributed by atoms with Gasteiger partial charge in [-0.25, -0.2) is 4.39 Å². The lowest BCUT2D eigenvalue weighted by Gasteiger charge is -2.15. The van der Waals surface area contributed by atoms with Crippen molar-refractivity contribution in [2.75, 3.05) is 10.6 Å². The Morgan fingerprint density at radius 1 is 1.12 bits per heavy atom. The molecule has 1 fully saturated rings. The number of nitrogens with zero attached hydrogens (tertiary/aromatic N) is 1. The van der Waals surface area contributed by atoms with Gasteiger partial charge in [0.05, 0.1) is 11.4 Å². The van der Waals surface area contributed by atoms with Crippen LogP contribution in [0.15, 0.2) is 42.6 Å². The van der Waals surface area contributed by atoms with Crippen LogP contribution in [0.25, 0.3) is 0 Å². The van der Waals surface area contributed by atoms with Gasteiger partial charge in [0.25, 0.3) is 5.91 Å². The van der Waals surface area contributed by atoms with Crippen molar-refractivity contribution >= 4 is 23.2 Å². The van der Waals surface area contributed by atoms with Crippen molar-refractivity contribution < 1.29 is 14.0 Å². The number of hydrogen-bond acceptors (Lipinski definition) is 4. The van der Waals surface area contributed by atoms with E-state index in [4.69, 9.17) is 5.73 Å². The second-order valence-electron chi connectivity index (χ2n) is 6.12. The molecular weight excluding hydrogens is 323 g/mol. The molecule has 0 spiro atoms. The van der Waals surface area contributed by atoms with Gasteiger partial charge in [0.1, 0.15) is 11.5 Å². The van der Waals surface area contributed by atoms with Crippen LogP contribution < -0.4 is 16.4 Å². The van der Waals surface area contributed by atoms with Gasteiger partial charge < -0.3 is 16.4 Å². The minimum Gasteiger partial charge on any atom is -0.328 e. The Bertz CT molecular complexity index is 782. The number of benzene rings is 1. The van der Waals surface area contributed by atoms with Crippen LogP contribution in [0.3, 0.4) is 0 Å². The summed E-state index contributed by atoms with van der Waals surface area (Å²) in [5, 5.41) is 5.35. The SMILES string of the molecule is NC1CCC(C(=O)Nc2cc(F)ccc2NC(=O)c2ccccn2)C1. The van der Waals surface area contributed by atoms with Crippen LogP contribution in [0.5, 0.6) is 0 Å². The molecule has 0 aliphatic heterocycles. The van der Waals surface area contributed by atoms with Crippen molar-refractivity contribution in [3.05, 3.63) is 54.1 Å². The van der Waals surface area contributed by atoms with Crippen LogP contribution in [0.4, 0.5) is 15.8 Å². The van der Waals surface area contributed by atoms with Crippen molar-refractivity contribution in [3.63, 3.8) is 0 Å². The van der Waals surface area contributed by atoms with Crippen molar-refractivity contribution in [1.82, 2.24) is 4.98 Å². The number of pyridine rings is 1. The van der Waals surface area contributed by atoms with E-state index in [1.165, 1.54) is 24.4 Å². The molecule has 1 saturated carbocycles. The van der Waals surface area contributed by atoms with Gasteiger partial charge in [-0.3, -0.25) is 14.6 Å². The summed E-state index contributed by atoms with van der Waals surface area (Å²) in [6, 6.07) is 8.79. The second kappa shape index (κ2) is 7.40. The van der Waals surface area contributed by atoms with Crippen LogP contribution >= 0.6 is 0 Å². The van der Waals surface area contributed by atoms with E-state index in [-0.39, 0.29) is 29.2 Å². The van der Waals surface area contributed by atoms with E-state index in [1.54, 1.807) is 18.2 Å². The third-order valence-electron chi connectivity index (χ3n) is 4.23. The van der Waals surface area contributed by atoms with Gasteiger partial charge in [0.15, 0.2) is 0 Å². The normalized spacial score (nSPS) is 19.4. The fourth-order valence-corrected chi connectivity index (χ4v) is 2.90. The molecular formula is C18H19FN4O2. The van der Waals surface area contributed by atoms with Crippen LogP contribution in [-0.2, 0) is 4.79 Å². The highest BCUT2D eigenvalue weighted by atomic mass is 19.1. The van der Waals surface area contributed by atoms with Crippen molar-refractivity contribution in [3.8, 4) is 0 Å². The molecule has 130 valence electrons. The number of carbonyl (C=O) groups excluding carboxylic acids is 2. The number of nitrogens with one attached hydrogen (secondary N) is 2. The van der Waals surface area contributed by atoms with Crippen LogP contribution in [0.1, 0.15) is 29.8 Å². The topological polar surface area (TPSA) is 97.1 Å². The molecule has 3 rings (SSSR count). The summed E-state index contributed by atoms with van der Waals surface area (Å²) in [4.78, 5) is 28.6. The Morgan fingerprint density at radius 2 is 1.96 bits per heavy atom. The first-order valence-corrected chi connectivity index (χ1v) is 8.11. The molecule has 0 saturated heterocycles. The number of nitrogens with two attached hydrogens (primary N) is 1. The summed E-state index contributed by atoms with van der Waals surface area (Å²) >= 11 is 0. The summed E-state index contributed by atoms with van der Waals surface area (Å²) in [5.41, 5.74) is 6.59. The first kappa shape index (κ1) is 17.0.